The predicted molar refractivity (Wildman–Crippen MR) is 103 cm³/mol. The number of hydrogen-bond donors (Lipinski definition) is 3. The maximum atomic E-state index is 12.3. The van der Waals surface area contributed by atoms with E-state index in [0.29, 0.717) is 19.7 Å². The van der Waals surface area contributed by atoms with Crippen molar-refractivity contribution < 1.29 is 14.3 Å². The SMILES string of the molecule is C[C@H]1OCCN[C@@H]1C(=O)NCc1cccc(NC(=O)C2CCCC2)c1.Cl. The lowest BCUT2D eigenvalue weighted by Gasteiger charge is -2.29. The van der Waals surface area contributed by atoms with Gasteiger partial charge in [-0.15, -0.1) is 12.4 Å². The second kappa shape index (κ2) is 9.90. The van der Waals surface area contributed by atoms with Gasteiger partial charge in [0.1, 0.15) is 6.04 Å². The van der Waals surface area contributed by atoms with Crippen molar-refractivity contribution in [1.29, 1.82) is 0 Å². The molecule has 2 atom stereocenters. The number of halogens is 1. The molecule has 0 radical (unpaired) electrons. The number of morpholine rings is 1. The standard InChI is InChI=1S/C19H27N3O3.ClH/c1-13-17(20-9-10-25-13)19(24)21-12-14-5-4-8-16(11-14)22-18(23)15-6-2-3-7-15;/h4-5,8,11,13,15,17,20H,2-3,6-7,9-10,12H2,1H3,(H,21,24)(H,22,23);1H/t13-,17+;/m1./s1. The first kappa shape index (κ1) is 20.7. The van der Waals surface area contributed by atoms with E-state index in [1.807, 2.05) is 31.2 Å². The molecule has 26 heavy (non-hydrogen) atoms. The fraction of sp³-hybridized carbons (Fsp3) is 0.579. The highest BCUT2D eigenvalue weighted by Gasteiger charge is 2.28. The minimum absolute atomic E-state index is 0. The lowest BCUT2D eigenvalue weighted by molar-refractivity contribution is -0.129. The Morgan fingerprint density at radius 2 is 2.00 bits per heavy atom. The fourth-order valence-corrected chi connectivity index (χ4v) is 3.52. The Morgan fingerprint density at radius 3 is 2.73 bits per heavy atom. The summed E-state index contributed by atoms with van der Waals surface area (Å²) in [4.78, 5) is 24.5. The van der Waals surface area contributed by atoms with Crippen LogP contribution in [0.1, 0.15) is 38.2 Å². The van der Waals surface area contributed by atoms with Gasteiger partial charge in [0.05, 0.1) is 12.7 Å². The highest BCUT2D eigenvalue weighted by atomic mass is 35.5. The topological polar surface area (TPSA) is 79.5 Å². The summed E-state index contributed by atoms with van der Waals surface area (Å²) in [6.45, 7) is 3.64. The zero-order chi connectivity index (χ0) is 17.6. The molecular weight excluding hydrogens is 354 g/mol. The van der Waals surface area contributed by atoms with Gasteiger partial charge in [-0.05, 0) is 37.5 Å². The van der Waals surface area contributed by atoms with Crippen molar-refractivity contribution in [3.8, 4) is 0 Å². The van der Waals surface area contributed by atoms with Crippen LogP contribution < -0.4 is 16.0 Å². The highest BCUT2D eigenvalue weighted by Crippen LogP contribution is 2.26. The average molecular weight is 382 g/mol. The van der Waals surface area contributed by atoms with Crippen LogP contribution in [0.4, 0.5) is 5.69 Å². The van der Waals surface area contributed by atoms with Gasteiger partial charge in [-0.1, -0.05) is 25.0 Å². The van der Waals surface area contributed by atoms with E-state index in [0.717, 1.165) is 36.9 Å². The van der Waals surface area contributed by atoms with Crippen LogP contribution in [0, 0.1) is 5.92 Å². The zero-order valence-corrected chi connectivity index (χ0v) is 15.9. The molecule has 3 N–H and O–H groups in total. The highest BCUT2D eigenvalue weighted by molar-refractivity contribution is 5.92. The summed E-state index contributed by atoms with van der Waals surface area (Å²) in [5, 5.41) is 9.12. The first-order valence-electron chi connectivity index (χ1n) is 9.16. The zero-order valence-electron chi connectivity index (χ0n) is 15.1. The van der Waals surface area contributed by atoms with Gasteiger partial charge in [-0.2, -0.15) is 0 Å². The van der Waals surface area contributed by atoms with Crippen molar-refractivity contribution in [3.05, 3.63) is 29.8 Å². The number of amides is 2. The van der Waals surface area contributed by atoms with Gasteiger partial charge in [0.25, 0.3) is 0 Å². The van der Waals surface area contributed by atoms with E-state index in [1.54, 1.807) is 0 Å². The number of nitrogens with one attached hydrogen (secondary N) is 3. The third kappa shape index (κ3) is 5.43. The largest absolute Gasteiger partial charge is 0.375 e. The van der Waals surface area contributed by atoms with Gasteiger partial charge < -0.3 is 20.7 Å². The van der Waals surface area contributed by atoms with Crippen LogP contribution in [0.2, 0.25) is 0 Å². The second-order valence-electron chi connectivity index (χ2n) is 6.90. The Balaban J connectivity index is 0.00000243. The predicted octanol–water partition coefficient (Wildman–Crippen LogP) is 2.23. The van der Waals surface area contributed by atoms with Gasteiger partial charge in [-0.25, -0.2) is 0 Å². The maximum absolute atomic E-state index is 12.3. The van der Waals surface area contributed by atoms with Gasteiger partial charge in [0.15, 0.2) is 0 Å². The molecule has 2 aliphatic rings. The summed E-state index contributed by atoms with van der Waals surface area (Å²) in [5.41, 5.74) is 1.75. The van der Waals surface area contributed by atoms with Crippen LogP contribution >= 0.6 is 12.4 Å². The first-order valence-corrected chi connectivity index (χ1v) is 9.16. The van der Waals surface area contributed by atoms with Crippen LogP contribution in [0.5, 0.6) is 0 Å². The minimum atomic E-state index is -0.320. The molecular formula is C19H28ClN3O3. The van der Waals surface area contributed by atoms with Gasteiger partial charge >= 0.3 is 0 Å². The molecule has 6 nitrogen and oxygen atoms in total. The third-order valence-corrected chi connectivity index (χ3v) is 4.99. The number of ether oxygens (including phenoxy) is 1. The number of anilines is 1. The van der Waals surface area contributed by atoms with Crippen LogP contribution in [0.25, 0.3) is 0 Å². The summed E-state index contributed by atoms with van der Waals surface area (Å²) in [6.07, 6.45) is 4.11. The lowest BCUT2D eigenvalue weighted by Crippen LogP contribution is -2.55. The van der Waals surface area contributed by atoms with E-state index in [2.05, 4.69) is 16.0 Å². The molecule has 1 heterocycles. The maximum Gasteiger partial charge on any atom is 0.240 e. The van der Waals surface area contributed by atoms with Crippen molar-refractivity contribution in [2.24, 2.45) is 5.92 Å². The molecule has 1 aliphatic heterocycles. The Kier molecular flexibility index (Phi) is 7.87. The molecule has 0 unspecified atom stereocenters. The molecule has 1 saturated carbocycles. The lowest BCUT2D eigenvalue weighted by atomic mass is 10.1. The third-order valence-electron chi connectivity index (χ3n) is 4.99. The molecule has 1 aromatic carbocycles. The number of benzene rings is 1. The number of carbonyl (C=O) groups is 2. The average Bonchev–Trinajstić information content (AvgIpc) is 3.15. The van der Waals surface area contributed by atoms with Gasteiger partial charge in [0.2, 0.25) is 11.8 Å². The normalized spacial score (nSPS) is 23.1. The van der Waals surface area contributed by atoms with Crippen molar-refractivity contribution in [3.63, 3.8) is 0 Å². The molecule has 144 valence electrons. The summed E-state index contributed by atoms with van der Waals surface area (Å²) in [7, 11) is 0. The quantitative estimate of drug-likeness (QED) is 0.730. The molecule has 1 aromatic rings. The first-order chi connectivity index (χ1) is 12.1. The van der Waals surface area contributed by atoms with E-state index >= 15 is 0 Å². The monoisotopic (exact) mass is 381 g/mol. The molecule has 7 heteroatoms. The number of hydrogen-bond acceptors (Lipinski definition) is 4. The van der Waals surface area contributed by atoms with Crippen molar-refractivity contribution in [2.75, 3.05) is 18.5 Å². The molecule has 2 fully saturated rings. The Morgan fingerprint density at radius 1 is 1.23 bits per heavy atom. The van der Waals surface area contributed by atoms with Crippen molar-refractivity contribution in [1.82, 2.24) is 10.6 Å². The van der Waals surface area contributed by atoms with Crippen molar-refractivity contribution in [2.45, 2.75) is 51.3 Å². The van der Waals surface area contributed by atoms with Gasteiger partial charge in [-0.3, -0.25) is 9.59 Å². The fourth-order valence-electron chi connectivity index (χ4n) is 3.52. The van der Waals surface area contributed by atoms with E-state index in [-0.39, 0.29) is 42.3 Å². The molecule has 1 saturated heterocycles. The van der Waals surface area contributed by atoms with Crippen LogP contribution in [-0.4, -0.2) is 37.1 Å². The van der Waals surface area contributed by atoms with Gasteiger partial charge in [0, 0.05) is 24.7 Å². The Bertz CT molecular complexity index is 620. The Hall–Kier alpha value is -1.63. The van der Waals surface area contributed by atoms with E-state index in [9.17, 15) is 9.59 Å². The van der Waals surface area contributed by atoms with E-state index in [4.69, 9.17) is 4.74 Å². The smallest absolute Gasteiger partial charge is 0.240 e. The molecule has 0 spiro atoms. The molecule has 0 aromatic heterocycles. The molecule has 0 bridgehead atoms. The molecule has 1 aliphatic carbocycles. The number of rotatable bonds is 5. The van der Waals surface area contributed by atoms with E-state index < -0.39 is 0 Å². The van der Waals surface area contributed by atoms with Crippen LogP contribution in [0.15, 0.2) is 24.3 Å². The summed E-state index contributed by atoms with van der Waals surface area (Å²) >= 11 is 0. The second-order valence-corrected chi connectivity index (χ2v) is 6.90. The minimum Gasteiger partial charge on any atom is -0.375 e. The number of carbonyl (C=O) groups excluding carboxylic acids is 2. The summed E-state index contributed by atoms with van der Waals surface area (Å²) < 4.78 is 5.50. The van der Waals surface area contributed by atoms with Crippen LogP contribution in [0.3, 0.4) is 0 Å². The summed E-state index contributed by atoms with van der Waals surface area (Å²) in [5.74, 6) is 0.186. The molecule has 2 amide bonds. The molecule has 3 rings (SSSR count). The van der Waals surface area contributed by atoms with E-state index in [1.165, 1.54) is 0 Å². The van der Waals surface area contributed by atoms with Crippen molar-refractivity contribution >= 4 is 29.9 Å². The Labute approximate surface area is 160 Å². The van der Waals surface area contributed by atoms with Crippen LogP contribution in [-0.2, 0) is 20.9 Å². The summed E-state index contributed by atoms with van der Waals surface area (Å²) in [6, 6.07) is 7.33.